The summed E-state index contributed by atoms with van der Waals surface area (Å²) >= 11 is 0. The average Bonchev–Trinajstić information content (AvgIpc) is 2.73. The van der Waals surface area contributed by atoms with Crippen molar-refractivity contribution in [1.29, 1.82) is 0 Å². The van der Waals surface area contributed by atoms with Crippen molar-refractivity contribution in [2.75, 3.05) is 52.0 Å². The molecule has 31 heavy (non-hydrogen) atoms. The molecule has 0 aliphatic carbocycles. The SMILES string of the molecule is COc1cc2nc(C3CCOCC3)nc(N3CC(CCNS(N)(=O)=O)C3)c2cc1OC. The first-order valence-electron chi connectivity index (χ1n) is 10.4. The summed E-state index contributed by atoms with van der Waals surface area (Å²) < 4.78 is 40.9. The number of ether oxygens (including phenoxy) is 3. The summed E-state index contributed by atoms with van der Waals surface area (Å²) in [5.74, 6) is 3.61. The second-order valence-electron chi connectivity index (χ2n) is 8.02. The first-order chi connectivity index (χ1) is 14.9. The third kappa shape index (κ3) is 5.00. The number of benzene rings is 1. The Kier molecular flexibility index (Phi) is 6.47. The number of methoxy groups -OCH3 is 2. The van der Waals surface area contributed by atoms with Gasteiger partial charge in [0.05, 0.1) is 19.7 Å². The van der Waals surface area contributed by atoms with E-state index in [0.29, 0.717) is 24.0 Å². The number of anilines is 1. The summed E-state index contributed by atoms with van der Waals surface area (Å²) in [6.07, 6.45) is 2.53. The molecule has 0 radical (unpaired) electrons. The average molecular weight is 452 g/mol. The van der Waals surface area contributed by atoms with Gasteiger partial charge in [0.2, 0.25) is 0 Å². The molecule has 2 aromatic rings. The summed E-state index contributed by atoms with van der Waals surface area (Å²) in [6, 6.07) is 3.82. The van der Waals surface area contributed by atoms with Gasteiger partial charge in [0.15, 0.2) is 11.5 Å². The van der Waals surface area contributed by atoms with E-state index in [9.17, 15) is 8.42 Å². The second-order valence-corrected chi connectivity index (χ2v) is 9.39. The number of aromatic nitrogens is 2. The van der Waals surface area contributed by atoms with Crippen molar-refractivity contribution in [2.45, 2.75) is 25.2 Å². The molecule has 11 heteroatoms. The quantitative estimate of drug-likeness (QED) is 0.612. The van der Waals surface area contributed by atoms with Gasteiger partial charge < -0.3 is 19.1 Å². The molecule has 0 bridgehead atoms. The lowest BCUT2D eigenvalue weighted by Crippen LogP contribution is -2.48. The predicted octanol–water partition coefficient (Wildman–Crippen LogP) is 1.16. The maximum atomic E-state index is 11.1. The Hall–Kier alpha value is -2.21. The van der Waals surface area contributed by atoms with Crippen LogP contribution in [0.1, 0.15) is 31.0 Å². The summed E-state index contributed by atoms with van der Waals surface area (Å²) in [4.78, 5) is 12.0. The van der Waals surface area contributed by atoms with Crippen molar-refractivity contribution in [2.24, 2.45) is 11.1 Å². The molecule has 0 saturated carbocycles. The van der Waals surface area contributed by atoms with Crippen LogP contribution in [0.4, 0.5) is 5.82 Å². The van der Waals surface area contributed by atoms with E-state index < -0.39 is 10.2 Å². The van der Waals surface area contributed by atoms with Crippen LogP contribution in [0.15, 0.2) is 12.1 Å². The molecule has 2 fully saturated rings. The van der Waals surface area contributed by atoms with Gasteiger partial charge in [-0.15, -0.1) is 0 Å². The van der Waals surface area contributed by atoms with Crippen molar-refractivity contribution in [3.63, 3.8) is 0 Å². The van der Waals surface area contributed by atoms with Crippen molar-refractivity contribution < 1.29 is 22.6 Å². The molecular formula is C20H29N5O5S. The van der Waals surface area contributed by atoms with E-state index in [1.165, 1.54) is 0 Å². The fraction of sp³-hybridized carbons (Fsp3) is 0.600. The van der Waals surface area contributed by atoms with Gasteiger partial charge in [-0.25, -0.2) is 19.8 Å². The fourth-order valence-corrected chi connectivity index (χ4v) is 4.57. The first kappa shape index (κ1) is 22.0. The highest BCUT2D eigenvalue weighted by molar-refractivity contribution is 7.87. The van der Waals surface area contributed by atoms with E-state index in [1.54, 1.807) is 14.2 Å². The van der Waals surface area contributed by atoms with Crippen LogP contribution >= 0.6 is 0 Å². The third-order valence-corrected chi connectivity index (χ3v) is 6.50. The van der Waals surface area contributed by atoms with Crippen molar-refractivity contribution in [3.8, 4) is 11.5 Å². The summed E-state index contributed by atoms with van der Waals surface area (Å²) in [7, 11) is -0.429. The molecule has 2 aliphatic heterocycles. The van der Waals surface area contributed by atoms with Crippen molar-refractivity contribution >= 4 is 26.9 Å². The lowest BCUT2D eigenvalue weighted by atomic mass is 9.95. The number of hydrogen-bond donors (Lipinski definition) is 2. The van der Waals surface area contributed by atoms with Gasteiger partial charge in [-0.05, 0) is 31.2 Å². The molecule has 0 spiro atoms. The zero-order chi connectivity index (χ0) is 22.0. The Balaban J connectivity index is 1.61. The van der Waals surface area contributed by atoms with E-state index >= 15 is 0 Å². The Labute approximate surface area is 182 Å². The molecule has 3 N–H and O–H groups in total. The molecule has 2 aliphatic rings. The van der Waals surface area contributed by atoms with E-state index in [-0.39, 0.29) is 5.92 Å². The van der Waals surface area contributed by atoms with E-state index in [0.717, 1.165) is 68.1 Å². The van der Waals surface area contributed by atoms with Crippen LogP contribution in [0.2, 0.25) is 0 Å². The number of hydrogen-bond acceptors (Lipinski definition) is 8. The zero-order valence-electron chi connectivity index (χ0n) is 17.8. The largest absolute Gasteiger partial charge is 0.493 e. The Morgan fingerprint density at radius 1 is 1.16 bits per heavy atom. The van der Waals surface area contributed by atoms with Gasteiger partial charge in [-0.1, -0.05) is 0 Å². The van der Waals surface area contributed by atoms with Gasteiger partial charge in [0.1, 0.15) is 11.6 Å². The number of nitrogens with zero attached hydrogens (tertiary/aromatic N) is 3. The number of nitrogens with one attached hydrogen (secondary N) is 1. The van der Waals surface area contributed by atoms with Crippen molar-refractivity contribution in [3.05, 3.63) is 18.0 Å². The molecule has 0 amide bonds. The second kappa shape index (κ2) is 9.11. The fourth-order valence-electron chi connectivity index (χ4n) is 4.17. The smallest absolute Gasteiger partial charge is 0.274 e. The minimum atomic E-state index is -3.65. The topological polar surface area (TPSA) is 129 Å². The van der Waals surface area contributed by atoms with Crippen LogP contribution in [0.25, 0.3) is 10.9 Å². The van der Waals surface area contributed by atoms with Crippen LogP contribution in [-0.4, -0.2) is 65.5 Å². The highest BCUT2D eigenvalue weighted by Crippen LogP contribution is 2.38. The Morgan fingerprint density at radius 3 is 2.48 bits per heavy atom. The molecule has 170 valence electrons. The van der Waals surface area contributed by atoms with Crippen LogP contribution in [0.3, 0.4) is 0 Å². The van der Waals surface area contributed by atoms with Gasteiger partial charge in [0, 0.05) is 50.2 Å². The summed E-state index contributed by atoms with van der Waals surface area (Å²) in [5.41, 5.74) is 0.823. The Bertz CT molecular complexity index is 1040. The van der Waals surface area contributed by atoms with Crippen LogP contribution in [0, 0.1) is 5.92 Å². The van der Waals surface area contributed by atoms with Gasteiger partial charge in [0.25, 0.3) is 10.2 Å². The first-order valence-corrected chi connectivity index (χ1v) is 12.0. The molecule has 2 saturated heterocycles. The van der Waals surface area contributed by atoms with E-state index in [4.69, 9.17) is 29.3 Å². The molecule has 3 heterocycles. The number of fused-ring (bicyclic) bond motifs is 1. The molecule has 0 atom stereocenters. The van der Waals surface area contributed by atoms with Crippen LogP contribution < -0.4 is 24.2 Å². The van der Waals surface area contributed by atoms with Gasteiger partial charge in [-0.3, -0.25) is 0 Å². The minimum Gasteiger partial charge on any atom is -0.493 e. The van der Waals surface area contributed by atoms with E-state index in [1.807, 2.05) is 12.1 Å². The lowest BCUT2D eigenvalue weighted by molar-refractivity contribution is 0.0836. The maximum absolute atomic E-state index is 11.1. The van der Waals surface area contributed by atoms with Crippen LogP contribution in [-0.2, 0) is 14.9 Å². The Morgan fingerprint density at radius 2 is 1.84 bits per heavy atom. The highest BCUT2D eigenvalue weighted by atomic mass is 32.2. The highest BCUT2D eigenvalue weighted by Gasteiger charge is 2.31. The summed E-state index contributed by atoms with van der Waals surface area (Å²) in [5, 5.41) is 5.91. The lowest BCUT2D eigenvalue weighted by Gasteiger charge is -2.41. The maximum Gasteiger partial charge on any atom is 0.274 e. The monoisotopic (exact) mass is 451 g/mol. The molecule has 4 rings (SSSR count). The normalized spacial score (nSPS) is 18.2. The standard InChI is InChI=1S/C20H29N5O5S/c1-28-17-9-15-16(10-18(17)29-2)23-19(14-4-7-30-8-5-14)24-20(15)25-11-13(12-25)3-6-22-31(21,26)27/h9-10,13-14,22H,3-8,11-12H2,1-2H3,(H2,21,26,27). The van der Waals surface area contributed by atoms with E-state index in [2.05, 4.69) is 9.62 Å². The van der Waals surface area contributed by atoms with Gasteiger partial charge in [-0.2, -0.15) is 8.42 Å². The number of nitrogens with two attached hydrogens (primary N) is 1. The molecule has 1 aromatic heterocycles. The summed E-state index contributed by atoms with van der Waals surface area (Å²) in [6.45, 7) is 3.35. The van der Waals surface area contributed by atoms with Crippen LogP contribution in [0.5, 0.6) is 11.5 Å². The molecular weight excluding hydrogens is 422 g/mol. The minimum absolute atomic E-state index is 0.265. The molecule has 10 nitrogen and oxygen atoms in total. The van der Waals surface area contributed by atoms with Gasteiger partial charge >= 0.3 is 0 Å². The third-order valence-electron chi connectivity index (χ3n) is 5.90. The zero-order valence-corrected chi connectivity index (χ0v) is 18.7. The number of rotatable bonds is 8. The predicted molar refractivity (Wildman–Crippen MR) is 117 cm³/mol. The molecule has 1 aromatic carbocycles. The molecule has 0 unspecified atom stereocenters. The van der Waals surface area contributed by atoms with Crippen molar-refractivity contribution in [1.82, 2.24) is 14.7 Å².